The van der Waals surface area contributed by atoms with E-state index in [4.69, 9.17) is 5.11 Å². The fourth-order valence-electron chi connectivity index (χ4n) is 1.38. The van der Waals surface area contributed by atoms with Crippen LogP contribution >= 0.6 is 11.8 Å². The Bertz CT molecular complexity index is 367. The number of alkyl halides is 3. The minimum absolute atomic E-state index is 0.378. The smallest absolute Gasteiger partial charge is 0.383 e. The van der Waals surface area contributed by atoms with Gasteiger partial charge in [0.15, 0.2) is 6.10 Å². The molecule has 6 heteroatoms. The molecule has 0 aromatic heterocycles. The van der Waals surface area contributed by atoms with E-state index in [2.05, 4.69) is 12.2 Å². The second-order valence-electron chi connectivity index (χ2n) is 4.19. The van der Waals surface area contributed by atoms with Crippen LogP contribution < -0.4 is 5.32 Å². The Kier molecular flexibility index (Phi) is 6.68. The molecular formula is C13H18F3NOS. The van der Waals surface area contributed by atoms with Crippen molar-refractivity contribution in [3.63, 3.8) is 0 Å². The molecule has 0 aliphatic heterocycles. The second-order valence-corrected chi connectivity index (χ2v) is 5.28. The first-order valence-electron chi connectivity index (χ1n) is 6.10. The van der Waals surface area contributed by atoms with E-state index in [0.29, 0.717) is 0 Å². The maximum atomic E-state index is 12.1. The van der Waals surface area contributed by atoms with E-state index < -0.39 is 12.3 Å². The lowest BCUT2D eigenvalue weighted by Crippen LogP contribution is -2.30. The van der Waals surface area contributed by atoms with E-state index in [1.165, 1.54) is 0 Å². The quantitative estimate of drug-likeness (QED) is 0.598. The number of rotatable bonds is 7. The first-order valence-corrected chi connectivity index (χ1v) is 7.09. The van der Waals surface area contributed by atoms with Gasteiger partial charge in [-0.15, -0.1) is 11.8 Å². The van der Waals surface area contributed by atoms with Crippen LogP contribution in [0, 0.1) is 0 Å². The third-order valence-electron chi connectivity index (χ3n) is 2.46. The van der Waals surface area contributed by atoms with Gasteiger partial charge < -0.3 is 10.4 Å². The van der Waals surface area contributed by atoms with Gasteiger partial charge in [0.2, 0.25) is 0 Å². The van der Waals surface area contributed by atoms with Gasteiger partial charge >= 0.3 is 6.18 Å². The molecule has 0 spiro atoms. The predicted octanol–water partition coefficient (Wildman–Crippen LogP) is 3.20. The maximum Gasteiger partial charge on any atom is 0.415 e. The van der Waals surface area contributed by atoms with Crippen LogP contribution in [-0.2, 0) is 6.54 Å². The molecule has 1 aromatic carbocycles. The number of nitrogens with one attached hydrogen (secondary N) is 1. The van der Waals surface area contributed by atoms with Gasteiger partial charge in [-0.2, -0.15) is 13.2 Å². The zero-order valence-electron chi connectivity index (χ0n) is 10.7. The summed E-state index contributed by atoms with van der Waals surface area (Å²) in [4.78, 5) is 0.725. The van der Waals surface area contributed by atoms with Crippen LogP contribution in [0.2, 0.25) is 0 Å². The Hall–Kier alpha value is -0.720. The Labute approximate surface area is 115 Å². The summed E-state index contributed by atoms with van der Waals surface area (Å²) in [5.74, 6) is -0.378. The summed E-state index contributed by atoms with van der Waals surface area (Å²) < 4.78 is 36.4. The molecule has 0 saturated heterocycles. The van der Waals surface area contributed by atoms with Crippen LogP contribution in [0.25, 0.3) is 0 Å². The number of hydrogen-bond acceptors (Lipinski definition) is 3. The first kappa shape index (κ1) is 16.3. The Balaban J connectivity index is 2.40. The average molecular weight is 293 g/mol. The molecular weight excluding hydrogens is 275 g/mol. The van der Waals surface area contributed by atoms with Gasteiger partial charge in [-0.05, 0) is 30.7 Å². The van der Waals surface area contributed by atoms with Crippen molar-refractivity contribution in [2.24, 2.45) is 0 Å². The molecule has 2 N–H and O–H groups in total. The number of aliphatic hydroxyl groups is 1. The summed E-state index contributed by atoms with van der Waals surface area (Å²) in [6, 6.07) is 7.31. The Morgan fingerprint density at radius 2 is 1.89 bits per heavy atom. The lowest BCUT2D eigenvalue weighted by Gasteiger charge is -2.13. The van der Waals surface area contributed by atoms with Gasteiger partial charge in [0.1, 0.15) is 0 Å². The molecule has 0 heterocycles. The monoisotopic (exact) mass is 293 g/mol. The van der Waals surface area contributed by atoms with Gasteiger partial charge in [0.05, 0.1) is 0 Å². The van der Waals surface area contributed by atoms with Crippen LogP contribution in [0.5, 0.6) is 0 Å². The average Bonchev–Trinajstić information content (AvgIpc) is 2.36. The molecule has 1 atom stereocenters. The van der Waals surface area contributed by atoms with E-state index in [9.17, 15) is 13.2 Å². The van der Waals surface area contributed by atoms with Crippen molar-refractivity contribution in [1.82, 2.24) is 5.32 Å². The fourth-order valence-corrected chi connectivity index (χ4v) is 2.25. The SMILES string of the molecule is CCCNCc1ccc(SCC(O)C(F)(F)F)cc1. The highest BCUT2D eigenvalue weighted by molar-refractivity contribution is 7.99. The van der Waals surface area contributed by atoms with Gasteiger partial charge in [-0.3, -0.25) is 0 Å². The van der Waals surface area contributed by atoms with Crippen LogP contribution in [0.15, 0.2) is 29.2 Å². The molecule has 1 aromatic rings. The summed E-state index contributed by atoms with van der Waals surface area (Å²) in [7, 11) is 0. The van der Waals surface area contributed by atoms with Crippen LogP contribution in [0.1, 0.15) is 18.9 Å². The number of halogens is 3. The van der Waals surface area contributed by atoms with Gasteiger partial charge in [-0.25, -0.2) is 0 Å². The Morgan fingerprint density at radius 3 is 2.42 bits per heavy atom. The molecule has 1 rings (SSSR count). The Morgan fingerprint density at radius 1 is 1.26 bits per heavy atom. The molecule has 0 aliphatic rings. The van der Waals surface area contributed by atoms with Crippen molar-refractivity contribution in [3.8, 4) is 0 Å². The highest BCUT2D eigenvalue weighted by atomic mass is 32.2. The number of thioether (sulfide) groups is 1. The predicted molar refractivity (Wildman–Crippen MR) is 71.2 cm³/mol. The van der Waals surface area contributed by atoms with E-state index >= 15 is 0 Å². The molecule has 108 valence electrons. The van der Waals surface area contributed by atoms with Crippen molar-refractivity contribution in [1.29, 1.82) is 0 Å². The molecule has 1 unspecified atom stereocenters. The van der Waals surface area contributed by atoms with Gasteiger partial charge in [-0.1, -0.05) is 19.1 Å². The minimum Gasteiger partial charge on any atom is -0.383 e. The third kappa shape index (κ3) is 6.31. The summed E-state index contributed by atoms with van der Waals surface area (Å²) in [6.45, 7) is 3.77. The van der Waals surface area contributed by atoms with Crippen LogP contribution in [0.3, 0.4) is 0 Å². The van der Waals surface area contributed by atoms with Gasteiger partial charge in [0.25, 0.3) is 0 Å². The van der Waals surface area contributed by atoms with Crippen molar-refractivity contribution in [2.45, 2.75) is 37.1 Å². The molecule has 0 saturated carbocycles. The molecule has 0 bridgehead atoms. The van der Waals surface area contributed by atoms with Crippen molar-refractivity contribution >= 4 is 11.8 Å². The normalized spacial score (nSPS) is 13.5. The minimum atomic E-state index is -4.54. The summed E-state index contributed by atoms with van der Waals surface area (Å²) >= 11 is 1.00. The lowest BCUT2D eigenvalue weighted by molar-refractivity contribution is -0.195. The largest absolute Gasteiger partial charge is 0.415 e. The second kappa shape index (κ2) is 7.77. The highest BCUT2D eigenvalue weighted by Crippen LogP contribution is 2.26. The van der Waals surface area contributed by atoms with Crippen LogP contribution in [-0.4, -0.2) is 29.7 Å². The molecule has 0 radical (unpaired) electrons. The van der Waals surface area contributed by atoms with Crippen molar-refractivity contribution in [2.75, 3.05) is 12.3 Å². The third-order valence-corrected chi connectivity index (χ3v) is 3.55. The molecule has 2 nitrogen and oxygen atoms in total. The van der Waals surface area contributed by atoms with Gasteiger partial charge in [0, 0.05) is 17.2 Å². The lowest BCUT2D eigenvalue weighted by atomic mass is 10.2. The van der Waals surface area contributed by atoms with E-state index in [-0.39, 0.29) is 5.75 Å². The zero-order chi connectivity index (χ0) is 14.3. The summed E-state index contributed by atoms with van der Waals surface area (Å²) in [5, 5.41) is 12.1. The van der Waals surface area contributed by atoms with Crippen molar-refractivity contribution in [3.05, 3.63) is 29.8 Å². The molecule has 0 fully saturated rings. The molecule has 0 aliphatic carbocycles. The molecule has 19 heavy (non-hydrogen) atoms. The number of hydrogen-bond donors (Lipinski definition) is 2. The number of aliphatic hydroxyl groups excluding tert-OH is 1. The van der Waals surface area contributed by atoms with Crippen molar-refractivity contribution < 1.29 is 18.3 Å². The first-order chi connectivity index (χ1) is 8.93. The fraction of sp³-hybridized carbons (Fsp3) is 0.538. The zero-order valence-corrected chi connectivity index (χ0v) is 11.5. The number of benzene rings is 1. The topological polar surface area (TPSA) is 32.3 Å². The van der Waals surface area contributed by atoms with E-state index in [0.717, 1.165) is 41.7 Å². The maximum absolute atomic E-state index is 12.1. The highest BCUT2D eigenvalue weighted by Gasteiger charge is 2.37. The standard InChI is InChI=1S/C13H18F3NOS/c1-2-7-17-8-10-3-5-11(6-4-10)19-9-12(18)13(14,15)16/h3-6,12,17-18H,2,7-9H2,1H3. The summed E-state index contributed by atoms with van der Waals surface area (Å²) in [6.07, 6.45) is -5.76. The van der Waals surface area contributed by atoms with Crippen LogP contribution in [0.4, 0.5) is 13.2 Å². The molecule has 0 amide bonds. The van der Waals surface area contributed by atoms with E-state index in [1.807, 2.05) is 12.1 Å². The van der Waals surface area contributed by atoms with E-state index in [1.54, 1.807) is 12.1 Å². The summed E-state index contributed by atoms with van der Waals surface area (Å²) in [5.41, 5.74) is 1.09.